The van der Waals surface area contributed by atoms with Crippen LogP contribution in [-0.4, -0.2) is 24.9 Å². The first kappa shape index (κ1) is 22.6. The monoisotopic (exact) mass is 432 g/mol. The van der Waals surface area contributed by atoms with Crippen molar-refractivity contribution in [3.05, 3.63) is 95.1 Å². The van der Waals surface area contributed by atoms with Gasteiger partial charge >= 0.3 is 12.1 Å². The highest BCUT2D eigenvalue weighted by atomic mass is 16.6. The van der Waals surface area contributed by atoms with Crippen LogP contribution in [-0.2, 0) is 11.3 Å². The molecule has 0 fully saturated rings. The van der Waals surface area contributed by atoms with E-state index in [1.807, 2.05) is 50.2 Å². The lowest BCUT2D eigenvalue weighted by atomic mass is 10.1. The Morgan fingerprint density at radius 3 is 2.53 bits per heavy atom. The van der Waals surface area contributed by atoms with E-state index < -0.39 is 12.1 Å². The number of esters is 1. The normalized spacial score (nSPS) is 10.6. The lowest BCUT2D eigenvalue weighted by Crippen LogP contribution is -2.18. The van der Waals surface area contributed by atoms with Crippen molar-refractivity contribution in [2.45, 2.75) is 20.5 Å². The van der Waals surface area contributed by atoms with E-state index in [1.54, 1.807) is 36.4 Å². The zero-order valence-electron chi connectivity index (χ0n) is 17.9. The third kappa shape index (κ3) is 6.70. The van der Waals surface area contributed by atoms with E-state index in [9.17, 15) is 9.59 Å². The van der Waals surface area contributed by atoms with E-state index in [0.717, 1.165) is 11.1 Å². The molecular formula is C25H24N2O5. The summed E-state index contributed by atoms with van der Waals surface area (Å²) in [5.74, 6) is 0.216. The molecule has 3 aromatic rings. The van der Waals surface area contributed by atoms with Crippen molar-refractivity contribution in [3.63, 3.8) is 0 Å². The van der Waals surface area contributed by atoms with Gasteiger partial charge in [0.1, 0.15) is 6.61 Å². The maximum absolute atomic E-state index is 12.5. The van der Waals surface area contributed by atoms with E-state index in [2.05, 4.69) is 10.5 Å². The SMILES string of the molecule is CCOc1cc(/C=N/NC(=O)OCc2ccccc2)ccc1OC(=O)c1cccc(C)c1. The molecule has 0 saturated heterocycles. The highest BCUT2D eigenvalue weighted by Crippen LogP contribution is 2.29. The Bertz CT molecular complexity index is 1100. The van der Waals surface area contributed by atoms with Crippen molar-refractivity contribution in [1.82, 2.24) is 5.43 Å². The first-order valence-corrected chi connectivity index (χ1v) is 10.1. The number of hydrogen-bond donors (Lipinski definition) is 1. The topological polar surface area (TPSA) is 86.2 Å². The predicted molar refractivity (Wildman–Crippen MR) is 121 cm³/mol. The van der Waals surface area contributed by atoms with Gasteiger partial charge in [0.2, 0.25) is 0 Å². The van der Waals surface area contributed by atoms with Crippen LogP contribution in [0.25, 0.3) is 0 Å². The maximum atomic E-state index is 12.5. The smallest absolute Gasteiger partial charge is 0.428 e. The Hall–Kier alpha value is -4.13. The summed E-state index contributed by atoms with van der Waals surface area (Å²) >= 11 is 0. The summed E-state index contributed by atoms with van der Waals surface area (Å²) < 4.78 is 16.2. The van der Waals surface area contributed by atoms with Crippen LogP contribution in [0.2, 0.25) is 0 Å². The third-order valence-corrected chi connectivity index (χ3v) is 4.31. The standard InChI is InChI=1S/C25H24N2O5/c1-3-30-23-15-20(16-26-27-25(29)31-17-19-9-5-4-6-10-19)12-13-22(23)32-24(28)21-11-7-8-18(2)14-21/h4-16H,3,17H2,1-2H3,(H,27,29)/b26-16+. The van der Waals surface area contributed by atoms with Gasteiger partial charge in [0, 0.05) is 0 Å². The Balaban J connectivity index is 1.60. The van der Waals surface area contributed by atoms with Crippen molar-refractivity contribution in [2.24, 2.45) is 5.10 Å². The molecule has 32 heavy (non-hydrogen) atoms. The number of hydrogen-bond acceptors (Lipinski definition) is 6. The van der Waals surface area contributed by atoms with E-state index >= 15 is 0 Å². The molecule has 0 saturated carbocycles. The van der Waals surface area contributed by atoms with Gasteiger partial charge < -0.3 is 14.2 Å². The minimum Gasteiger partial charge on any atom is -0.490 e. The quantitative estimate of drug-likeness (QED) is 0.237. The molecule has 0 heterocycles. The van der Waals surface area contributed by atoms with E-state index in [4.69, 9.17) is 14.2 Å². The van der Waals surface area contributed by atoms with Gasteiger partial charge in [-0.2, -0.15) is 5.10 Å². The van der Waals surface area contributed by atoms with Crippen LogP contribution in [0.1, 0.15) is 34.0 Å². The fourth-order valence-electron chi connectivity index (χ4n) is 2.80. The number of carbonyl (C=O) groups is 2. The molecule has 7 nitrogen and oxygen atoms in total. The van der Waals surface area contributed by atoms with Gasteiger partial charge in [-0.1, -0.05) is 48.0 Å². The number of benzene rings is 3. The van der Waals surface area contributed by atoms with E-state index in [-0.39, 0.29) is 6.61 Å². The molecule has 0 spiro atoms. The molecule has 0 aliphatic carbocycles. The number of amides is 1. The number of nitrogens with one attached hydrogen (secondary N) is 1. The van der Waals surface area contributed by atoms with Gasteiger partial charge in [-0.3, -0.25) is 0 Å². The molecule has 1 N–H and O–H groups in total. The molecule has 0 unspecified atom stereocenters. The second-order valence-corrected chi connectivity index (χ2v) is 6.83. The van der Waals surface area contributed by atoms with Crippen LogP contribution in [0.3, 0.4) is 0 Å². The van der Waals surface area contributed by atoms with Crippen molar-refractivity contribution in [3.8, 4) is 11.5 Å². The van der Waals surface area contributed by atoms with Crippen molar-refractivity contribution < 1.29 is 23.8 Å². The Morgan fingerprint density at radius 1 is 0.969 bits per heavy atom. The third-order valence-electron chi connectivity index (χ3n) is 4.31. The van der Waals surface area contributed by atoms with Crippen LogP contribution >= 0.6 is 0 Å². The van der Waals surface area contributed by atoms with Crippen LogP contribution < -0.4 is 14.9 Å². The molecular weight excluding hydrogens is 408 g/mol. The summed E-state index contributed by atoms with van der Waals surface area (Å²) in [5, 5.41) is 3.89. The van der Waals surface area contributed by atoms with Gasteiger partial charge in [0.15, 0.2) is 11.5 Å². The highest BCUT2D eigenvalue weighted by Gasteiger charge is 2.13. The average Bonchev–Trinajstić information content (AvgIpc) is 2.80. The molecule has 0 atom stereocenters. The summed E-state index contributed by atoms with van der Waals surface area (Å²) in [5.41, 5.74) is 5.25. The van der Waals surface area contributed by atoms with Gasteiger partial charge in [-0.05, 0) is 55.3 Å². The van der Waals surface area contributed by atoms with Crippen molar-refractivity contribution >= 4 is 18.3 Å². The van der Waals surface area contributed by atoms with Gasteiger partial charge in [0.05, 0.1) is 18.4 Å². The van der Waals surface area contributed by atoms with E-state index in [0.29, 0.717) is 29.2 Å². The average molecular weight is 432 g/mol. The lowest BCUT2D eigenvalue weighted by Gasteiger charge is -2.11. The zero-order chi connectivity index (χ0) is 22.8. The van der Waals surface area contributed by atoms with E-state index in [1.165, 1.54) is 6.21 Å². The fourth-order valence-corrected chi connectivity index (χ4v) is 2.80. The van der Waals surface area contributed by atoms with Crippen LogP contribution in [0, 0.1) is 6.92 Å². The largest absolute Gasteiger partial charge is 0.490 e. The number of carbonyl (C=O) groups excluding carboxylic acids is 2. The van der Waals surface area contributed by atoms with Crippen LogP contribution in [0.4, 0.5) is 4.79 Å². The summed E-state index contributed by atoms with van der Waals surface area (Å²) in [6.45, 7) is 4.27. The number of rotatable bonds is 8. The molecule has 0 radical (unpaired) electrons. The Kier molecular flexibility index (Phi) is 7.97. The van der Waals surface area contributed by atoms with Crippen molar-refractivity contribution in [2.75, 3.05) is 6.61 Å². The lowest BCUT2D eigenvalue weighted by molar-refractivity contribution is 0.0728. The molecule has 164 valence electrons. The Morgan fingerprint density at radius 2 is 1.78 bits per heavy atom. The van der Waals surface area contributed by atoms with Crippen LogP contribution in [0.5, 0.6) is 11.5 Å². The number of aryl methyl sites for hydroxylation is 1. The molecule has 0 aliphatic rings. The first-order valence-electron chi connectivity index (χ1n) is 10.1. The summed E-state index contributed by atoms with van der Waals surface area (Å²) in [4.78, 5) is 24.2. The van der Waals surface area contributed by atoms with Gasteiger partial charge in [-0.25, -0.2) is 15.0 Å². The second-order valence-electron chi connectivity index (χ2n) is 6.83. The van der Waals surface area contributed by atoms with Crippen molar-refractivity contribution in [1.29, 1.82) is 0 Å². The predicted octanol–water partition coefficient (Wildman–Crippen LogP) is 4.87. The zero-order valence-corrected chi connectivity index (χ0v) is 17.9. The highest BCUT2D eigenvalue weighted by molar-refractivity contribution is 5.91. The minimum absolute atomic E-state index is 0.150. The molecule has 7 heteroatoms. The molecule has 0 aliphatic heterocycles. The number of ether oxygens (including phenoxy) is 3. The fraction of sp³-hybridized carbons (Fsp3) is 0.160. The van der Waals surface area contributed by atoms with Gasteiger partial charge in [0.25, 0.3) is 0 Å². The molecule has 3 rings (SSSR count). The second kappa shape index (κ2) is 11.3. The summed E-state index contributed by atoms with van der Waals surface area (Å²) in [6.07, 6.45) is 0.775. The number of nitrogens with zero attached hydrogens (tertiary/aromatic N) is 1. The number of hydrazone groups is 1. The maximum Gasteiger partial charge on any atom is 0.428 e. The summed E-state index contributed by atoms with van der Waals surface area (Å²) in [6, 6.07) is 21.5. The molecule has 0 bridgehead atoms. The Labute approximate surface area is 186 Å². The minimum atomic E-state index is -0.668. The molecule has 1 amide bonds. The van der Waals surface area contributed by atoms with Gasteiger partial charge in [-0.15, -0.1) is 0 Å². The first-order chi connectivity index (χ1) is 15.5. The molecule has 3 aromatic carbocycles. The molecule has 0 aromatic heterocycles. The summed E-state index contributed by atoms with van der Waals surface area (Å²) in [7, 11) is 0. The van der Waals surface area contributed by atoms with Crippen LogP contribution in [0.15, 0.2) is 77.9 Å².